The Morgan fingerprint density at radius 2 is 1.23 bits per heavy atom. The molecule has 4 rings (SSSR count). The molecule has 0 aliphatic heterocycles. The van der Waals surface area contributed by atoms with Crippen molar-refractivity contribution in [2.45, 2.75) is 110 Å². The molecule has 2 nitrogen and oxygen atoms in total. The number of ether oxygens (including phenoxy) is 1. The second-order valence-corrected chi connectivity index (χ2v) is 29.1. The molecule has 0 spiro atoms. The van der Waals surface area contributed by atoms with Crippen LogP contribution in [-0.2, 0) is 9.53 Å². The average molecular weight is 652 g/mol. The van der Waals surface area contributed by atoms with Crippen molar-refractivity contribution in [1.82, 2.24) is 0 Å². The second kappa shape index (κ2) is 13.8. The first kappa shape index (κ1) is 31.6. The number of carbonyl (C=O) groups is 1. The third kappa shape index (κ3) is 7.19. The van der Waals surface area contributed by atoms with Crippen LogP contribution >= 0.6 is 0 Å². The molecule has 2 aliphatic carbocycles. The van der Waals surface area contributed by atoms with Crippen molar-refractivity contribution in [3.05, 3.63) is 71.8 Å². The summed E-state index contributed by atoms with van der Waals surface area (Å²) in [7, 11) is 0. The van der Waals surface area contributed by atoms with Crippen molar-refractivity contribution in [2.75, 3.05) is 0 Å². The zero-order chi connectivity index (χ0) is 29.0. The van der Waals surface area contributed by atoms with E-state index in [4.69, 9.17) is 4.74 Å². The van der Waals surface area contributed by atoms with Crippen molar-refractivity contribution in [3.8, 4) is 0 Å². The van der Waals surface area contributed by atoms with E-state index in [1.807, 2.05) is 0 Å². The van der Waals surface area contributed by atoms with E-state index in [1.54, 1.807) is 0 Å². The summed E-state index contributed by atoms with van der Waals surface area (Å²) in [6.07, 6.45) is 7.42. The van der Waals surface area contributed by atoms with Gasteiger partial charge in [0, 0.05) is 0 Å². The minimum atomic E-state index is -3.08. The molecule has 0 bridgehead atoms. The summed E-state index contributed by atoms with van der Waals surface area (Å²) >= 11 is -3.08. The van der Waals surface area contributed by atoms with Crippen LogP contribution in [0.2, 0.25) is 13.8 Å². The van der Waals surface area contributed by atoms with Crippen LogP contribution in [0.1, 0.15) is 101 Å². The molecule has 0 N–H and O–H groups in total. The molecule has 8 atom stereocenters. The summed E-state index contributed by atoms with van der Waals surface area (Å²) < 4.78 is 7.71. The van der Waals surface area contributed by atoms with Crippen LogP contribution in [0.25, 0.3) is 0 Å². The summed E-state index contributed by atoms with van der Waals surface area (Å²) in [6.45, 7) is 14.3. The molecule has 2 aromatic carbocycles. The van der Waals surface area contributed by atoms with Gasteiger partial charge in [-0.15, -0.1) is 0 Å². The fraction of sp³-hybridized carbons (Fsp3) is 0.649. The molecule has 40 heavy (non-hydrogen) atoms. The Hall–Kier alpha value is -1.29. The Balaban J connectivity index is 1.81. The molecule has 220 valence electrons. The molecular weight excluding hydrogens is 595 g/mol. The molecule has 0 saturated heterocycles. The molecule has 2 aliphatic rings. The van der Waals surface area contributed by atoms with Crippen molar-refractivity contribution >= 4 is 24.3 Å². The summed E-state index contributed by atoms with van der Waals surface area (Å²) in [4.78, 5) is 20.1. The van der Waals surface area contributed by atoms with Crippen LogP contribution in [0, 0.1) is 35.5 Å². The van der Waals surface area contributed by atoms with Gasteiger partial charge in [0.15, 0.2) is 0 Å². The van der Waals surface area contributed by atoms with Crippen molar-refractivity contribution in [3.63, 3.8) is 0 Å². The van der Waals surface area contributed by atoms with E-state index in [1.165, 1.54) is 31.2 Å². The fourth-order valence-corrected chi connectivity index (χ4v) is 23.9. The molecular formula is C37H56O2Sn. The molecule has 2 saturated carbocycles. The molecule has 2 fully saturated rings. The van der Waals surface area contributed by atoms with Gasteiger partial charge in [-0.05, 0) is 0 Å². The topological polar surface area (TPSA) is 26.3 Å². The van der Waals surface area contributed by atoms with E-state index in [2.05, 4.69) is 112 Å². The Kier molecular flexibility index (Phi) is 10.9. The Labute approximate surface area is 249 Å². The normalized spacial score (nSPS) is 29.2. The molecule has 0 heterocycles. The first-order valence-corrected chi connectivity index (χ1v) is 25.3. The maximum atomic E-state index is 14.7. The van der Waals surface area contributed by atoms with Gasteiger partial charge in [-0.2, -0.15) is 0 Å². The van der Waals surface area contributed by atoms with Gasteiger partial charge in [0.25, 0.3) is 0 Å². The van der Waals surface area contributed by atoms with E-state index >= 15 is 0 Å². The van der Waals surface area contributed by atoms with E-state index < -0.39 is 18.4 Å². The van der Waals surface area contributed by atoms with E-state index in [0.717, 1.165) is 34.2 Å². The standard InChI is InChI=1S/C25H31O2.C10H19.2CH3.Sn/c1-18(2)22-15-14-19(3)16-24(22)27-25(26)23(21-12-8-5-9-13-21)17-20-10-6-4-7-11-20;1-8(2)10-6-4-9(3)5-7-10;;;/h4-13,17-19,22-24H,14-16H2,1-3H3;6,8-10H,4-5,7H2,1-3H3;2*1H3;/t19-,22+,23-,24-;9-,10-;;;/m10.../s1. The van der Waals surface area contributed by atoms with Crippen molar-refractivity contribution < 1.29 is 9.53 Å². The first-order chi connectivity index (χ1) is 19.0. The molecule has 0 amide bonds. The summed E-state index contributed by atoms with van der Waals surface area (Å²) in [6, 6.07) is 21.8. The number of rotatable bonds is 9. The first-order valence-electron chi connectivity index (χ1n) is 16.3. The zero-order valence-corrected chi connectivity index (χ0v) is 29.5. The average Bonchev–Trinajstić information content (AvgIpc) is 2.92. The molecule has 0 unspecified atom stereocenters. The SMILES string of the molecule is CC(C)[C@@H]1CC[C@@H](C)C[C@H]1[Sn]([CH3])([CH3])[C@@H](c1ccccc1)[C@@H](C(=O)O[C@@H]1C[C@H](C)CC[C@H]1C(C)C)c1ccccc1. The van der Waals surface area contributed by atoms with Gasteiger partial charge >= 0.3 is 251 Å². The zero-order valence-electron chi connectivity index (χ0n) is 26.6. The van der Waals surface area contributed by atoms with Gasteiger partial charge in [-0.3, -0.25) is 0 Å². The molecule has 3 heteroatoms. The molecule has 0 aromatic heterocycles. The molecule has 2 aromatic rings. The molecule has 0 radical (unpaired) electrons. The van der Waals surface area contributed by atoms with Gasteiger partial charge < -0.3 is 0 Å². The van der Waals surface area contributed by atoms with Gasteiger partial charge in [-0.1, -0.05) is 0 Å². The number of carbonyl (C=O) groups excluding carboxylic acids is 1. The fourth-order valence-electron chi connectivity index (χ4n) is 8.60. The van der Waals surface area contributed by atoms with Gasteiger partial charge in [0.1, 0.15) is 0 Å². The van der Waals surface area contributed by atoms with Crippen LogP contribution in [0.3, 0.4) is 0 Å². The van der Waals surface area contributed by atoms with Crippen LogP contribution in [0.4, 0.5) is 0 Å². The Morgan fingerprint density at radius 3 is 1.77 bits per heavy atom. The quantitative estimate of drug-likeness (QED) is 0.199. The third-order valence-electron chi connectivity index (χ3n) is 10.9. The predicted molar refractivity (Wildman–Crippen MR) is 172 cm³/mol. The van der Waals surface area contributed by atoms with Gasteiger partial charge in [-0.25, -0.2) is 0 Å². The summed E-state index contributed by atoms with van der Waals surface area (Å²) in [5.74, 6) is 3.57. The predicted octanol–water partition coefficient (Wildman–Crippen LogP) is 10.3. The summed E-state index contributed by atoms with van der Waals surface area (Å²) in [5, 5.41) is 0. The number of benzene rings is 2. The third-order valence-corrected chi connectivity index (χ3v) is 24.7. The van der Waals surface area contributed by atoms with Crippen molar-refractivity contribution in [2.24, 2.45) is 35.5 Å². The van der Waals surface area contributed by atoms with E-state index in [9.17, 15) is 4.79 Å². The van der Waals surface area contributed by atoms with E-state index in [0.29, 0.717) is 23.7 Å². The van der Waals surface area contributed by atoms with Crippen LogP contribution in [-0.4, -0.2) is 30.5 Å². The van der Waals surface area contributed by atoms with Gasteiger partial charge in [0.05, 0.1) is 0 Å². The van der Waals surface area contributed by atoms with Crippen LogP contribution in [0.5, 0.6) is 0 Å². The maximum absolute atomic E-state index is 14.7. The van der Waals surface area contributed by atoms with Crippen molar-refractivity contribution in [1.29, 1.82) is 0 Å². The minimum absolute atomic E-state index is 0.0234. The summed E-state index contributed by atoms with van der Waals surface area (Å²) in [5.41, 5.74) is 2.49. The number of hydrogen-bond donors (Lipinski definition) is 0. The van der Waals surface area contributed by atoms with Crippen LogP contribution < -0.4 is 0 Å². The Morgan fingerprint density at radius 1 is 0.725 bits per heavy atom. The number of esters is 1. The van der Waals surface area contributed by atoms with Crippen LogP contribution in [0.15, 0.2) is 60.7 Å². The van der Waals surface area contributed by atoms with E-state index in [-0.39, 0.29) is 21.9 Å². The number of hydrogen-bond acceptors (Lipinski definition) is 2. The monoisotopic (exact) mass is 652 g/mol. The Bertz CT molecular complexity index is 1060. The van der Waals surface area contributed by atoms with Gasteiger partial charge in [0.2, 0.25) is 0 Å². The second-order valence-electron chi connectivity index (χ2n) is 14.8.